The molecule has 2 nitrogen and oxygen atoms in total. The minimum absolute atomic E-state index is 0.0908. The monoisotopic (exact) mass is 340 g/mol. The Morgan fingerprint density at radius 3 is 3.00 bits per heavy atom. The standard InChI is InChI=1S/C23H32O2/c1-16(23-17(2)22(13-8-14-24)18(3)25-23)20-12-7-11-19-9-5-4-6-10-21(19)15-20/h5,8-9,12-13,15-16,18-19,22,24H,4,6-7,10-11,14H2,1-3H3. The van der Waals surface area contributed by atoms with Gasteiger partial charge in [0.1, 0.15) is 11.9 Å². The lowest BCUT2D eigenvalue weighted by Crippen LogP contribution is -2.12. The molecule has 0 bridgehead atoms. The summed E-state index contributed by atoms with van der Waals surface area (Å²) in [6.45, 7) is 6.68. The molecule has 0 saturated heterocycles. The van der Waals surface area contributed by atoms with Gasteiger partial charge in [0.15, 0.2) is 0 Å². The van der Waals surface area contributed by atoms with Crippen molar-refractivity contribution in [2.75, 3.05) is 6.61 Å². The topological polar surface area (TPSA) is 29.5 Å². The van der Waals surface area contributed by atoms with Crippen LogP contribution < -0.4 is 0 Å². The van der Waals surface area contributed by atoms with Crippen molar-refractivity contribution in [3.05, 3.63) is 58.9 Å². The lowest BCUT2D eigenvalue weighted by atomic mass is 9.89. The van der Waals surface area contributed by atoms with Gasteiger partial charge in [-0.2, -0.15) is 0 Å². The molecule has 0 spiro atoms. The summed E-state index contributed by atoms with van der Waals surface area (Å²) in [5.41, 5.74) is 4.33. The Morgan fingerprint density at radius 2 is 2.20 bits per heavy atom. The zero-order valence-corrected chi connectivity index (χ0v) is 15.9. The smallest absolute Gasteiger partial charge is 0.106 e. The summed E-state index contributed by atoms with van der Waals surface area (Å²) in [4.78, 5) is 0. The molecule has 2 heteroatoms. The third-order valence-electron chi connectivity index (χ3n) is 5.94. The summed E-state index contributed by atoms with van der Waals surface area (Å²) in [6, 6.07) is 0. The van der Waals surface area contributed by atoms with Gasteiger partial charge in [0, 0.05) is 11.8 Å². The first-order chi connectivity index (χ1) is 12.1. The van der Waals surface area contributed by atoms with Gasteiger partial charge in [0.25, 0.3) is 0 Å². The fraction of sp³-hybridized carbons (Fsp3) is 0.565. The van der Waals surface area contributed by atoms with Crippen LogP contribution in [0.1, 0.15) is 52.9 Å². The van der Waals surface area contributed by atoms with Crippen LogP contribution in [-0.2, 0) is 4.74 Å². The fourth-order valence-electron chi connectivity index (χ4n) is 4.44. The van der Waals surface area contributed by atoms with Crippen molar-refractivity contribution in [2.24, 2.45) is 17.8 Å². The SMILES string of the molecule is CC1=C(C(C)C2=CCCC3C=CCCCC3=C2)OC(C)C1C=CCO. The molecule has 25 heavy (non-hydrogen) atoms. The molecule has 4 unspecified atom stereocenters. The number of allylic oxidation sites excluding steroid dienone is 6. The van der Waals surface area contributed by atoms with E-state index in [1.54, 1.807) is 5.57 Å². The van der Waals surface area contributed by atoms with E-state index in [1.807, 2.05) is 6.08 Å². The summed E-state index contributed by atoms with van der Waals surface area (Å²) in [5, 5.41) is 9.08. The van der Waals surface area contributed by atoms with Gasteiger partial charge in [-0.05, 0) is 63.0 Å². The summed E-state index contributed by atoms with van der Waals surface area (Å²) >= 11 is 0. The average molecular weight is 341 g/mol. The molecule has 1 N–H and O–H groups in total. The minimum atomic E-state index is 0.0908. The predicted molar refractivity (Wildman–Crippen MR) is 104 cm³/mol. The van der Waals surface area contributed by atoms with Crippen LogP contribution >= 0.6 is 0 Å². The van der Waals surface area contributed by atoms with Crippen molar-refractivity contribution >= 4 is 0 Å². The lowest BCUT2D eigenvalue weighted by Gasteiger charge is -2.18. The van der Waals surface area contributed by atoms with Gasteiger partial charge in [0.2, 0.25) is 0 Å². The van der Waals surface area contributed by atoms with Crippen molar-refractivity contribution in [3.63, 3.8) is 0 Å². The van der Waals surface area contributed by atoms with E-state index in [-0.39, 0.29) is 18.6 Å². The molecular formula is C23H32O2. The Kier molecular flexibility index (Phi) is 6.01. The highest BCUT2D eigenvalue weighted by Crippen LogP contribution is 2.40. The minimum Gasteiger partial charge on any atom is -0.494 e. The van der Waals surface area contributed by atoms with E-state index in [9.17, 15) is 0 Å². The third-order valence-corrected chi connectivity index (χ3v) is 5.94. The van der Waals surface area contributed by atoms with E-state index in [1.165, 1.54) is 36.8 Å². The summed E-state index contributed by atoms with van der Waals surface area (Å²) in [7, 11) is 0. The van der Waals surface area contributed by atoms with Crippen LogP contribution in [0.4, 0.5) is 0 Å². The van der Waals surface area contributed by atoms with Crippen molar-refractivity contribution in [2.45, 2.75) is 59.0 Å². The number of rotatable bonds is 4. The zero-order chi connectivity index (χ0) is 17.8. The van der Waals surface area contributed by atoms with E-state index in [4.69, 9.17) is 9.84 Å². The first-order valence-corrected chi connectivity index (χ1v) is 9.83. The normalized spacial score (nSPS) is 31.1. The number of hydrogen-bond donors (Lipinski definition) is 1. The van der Waals surface area contributed by atoms with Crippen molar-refractivity contribution in [3.8, 4) is 0 Å². The van der Waals surface area contributed by atoms with E-state index in [0.717, 1.165) is 12.2 Å². The second-order valence-corrected chi connectivity index (χ2v) is 7.66. The molecular weight excluding hydrogens is 308 g/mol. The molecule has 0 aromatic rings. The fourth-order valence-corrected chi connectivity index (χ4v) is 4.44. The number of ether oxygens (including phenoxy) is 1. The summed E-state index contributed by atoms with van der Waals surface area (Å²) in [6.07, 6.45) is 19.8. The van der Waals surface area contributed by atoms with Crippen molar-refractivity contribution in [1.29, 1.82) is 0 Å². The molecule has 3 aliphatic rings. The highest BCUT2D eigenvalue weighted by molar-refractivity contribution is 5.37. The largest absolute Gasteiger partial charge is 0.494 e. The molecule has 0 aromatic heterocycles. The maximum Gasteiger partial charge on any atom is 0.106 e. The molecule has 1 heterocycles. The zero-order valence-electron chi connectivity index (χ0n) is 15.9. The van der Waals surface area contributed by atoms with Crippen molar-refractivity contribution in [1.82, 2.24) is 0 Å². The van der Waals surface area contributed by atoms with Gasteiger partial charge >= 0.3 is 0 Å². The Labute approximate surface area is 152 Å². The molecule has 2 aliphatic carbocycles. The lowest BCUT2D eigenvalue weighted by molar-refractivity contribution is 0.126. The highest BCUT2D eigenvalue weighted by atomic mass is 16.5. The van der Waals surface area contributed by atoms with Gasteiger partial charge in [-0.25, -0.2) is 0 Å². The van der Waals surface area contributed by atoms with Crippen LogP contribution in [0.5, 0.6) is 0 Å². The molecule has 0 saturated carbocycles. The molecule has 3 rings (SSSR count). The average Bonchev–Trinajstić information content (AvgIpc) is 2.80. The molecule has 0 amide bonds. The number of hydrogen-bond acceptors (Lipinski definition) is 2. The number of fused-ring (bicyclic) bond motifs is 1. The van der Waals surface area contributed by atoms with Crippen LogP contribution in [0.15, 0.2) is 58.9 Å². The van der Waals surface area contributed by atoms with Crippen LogP contribution in [0.2, 0.25) is 0 Å². The van der Waals surface area contributed by atoms with Crippen LogP contribution in [0.3, 0.4) is 0 Å². The van der Waals surface area contributed by atoms with Gasteiger partial charge in [-0.1, -0.05) is 49.0 Å². The van der Waals surface area contributed by atoms with Gasteiger partial charge < -0.3 is 9.84 Å². The van der Waals surface area contributed by atoms with Crippen LogP contribution in [-0.4, -0.2) is 17.8 Å². The maximum absolute atomic E-state index is 9.08. The molecule has 4 atom stereocenters. The first kappa shape index (κ1) is 18.3. The Morgan fingerprint density at radius 1 is 1.36 bits per heavy atom. The Balaban J connectivity index is 1.84. The van der Waals surface area contributed by atoms with Crippen molar-refractivity contribution < 1.29 is 9.84 Å². The van der Waals surface area contributed by atoms with Crippen LogP contribution in [0, 0.1) is 17.8 Å². The summed E-state index contributed by atoms with van der Waals surface area (Å²) < 4.78 is 6.26. The Hall–Kier alpha value is -1.54. The maximum atomic E-state index is 9.08. The predicted octanol–water partition coefficient (Wildman–Crippen LogP) is 5.48. The third kappa shape index (κ3) is 4.00. The highest BCUT2D eigenvalue weighted by Gasteiger charge is 2.33. The van der Waals surface area contributed by atoms with Gasteiger partial charge in [-0.3, -0.25) is 0 Å². The molecule has 1 aliphatic heterocycles. The van der Waals surface area contributed by atoms with E-state index >= 15 is 0 Å². The summed E-state index contributed by atoms with van der Waals surface area (Å²) in [5.74, 6) is 2.33. The van der Waals surface area contributed by atoms with Crippen LogP contribution in [0.25, 0.3) is 0 Å². The Bertz CT molecular complexity index is 632. The van der Waals surface area contributed by atoms with E-state index < -0.39 is 0 Å². The van der Waals surface area contributed by atoms with Gasteiger partial charge in [-0.15, -0.1) is 0 Å². The quantitative estimate of drug-likeness (QED) is 0.686. The molecule has 0 fully saturated rings. The molecule has 136 valence electrons. The number of aliphatic hydroxyl groups excluding tert-OH is 1. The first-order valence-electron chi connectivity index (χ1n) is 9.83. The molecule has 0 radical (unpaired) electrons. The second kappa shape index (κ2) is 8.23. The van der Waals surface area contributed by atoms with E-state index in [0.29, 0.717) is 11.8 Å². The number of aliphatic hydroxyl groups is 1. The van der Waals surface area contributed by atoms with Gasteiger partial charge in [0.05, 0.1) is 6.61 Å². The second-order valence-electron chi connectivity index (χ2n) is 7.66. The van der Waals surface area contributed by atoms with E-state index in [2.05, 4.69) is 51.2 Å². The molecule has 0 aromatic carbocycles.